The molecule has 2 amide bonds. The van der Waals surface area contributed by atoms with Crippen molar-refractivity contribution < 1.29 is 28.6 Å². The molecule has 0 heterocycles. The lowest BCUT2D eigenvalue weighted by Gasteiger charge is -2.07. The average molecular weight is 478 g/mol. The predicted molar refractivity (Wildman–Crippen MR) is 114 cm³/mol. The Balaban J connectivity index is 1.81. The lowest BCUT2D eigenvalue weighted by atomic mass is 10.2. The molecule has 9 nitrogen and oxygen atoms in total. The minimum atomic E-state index is -0.561. The molecule has 0 aliphatic rings. The van der Waals surface area contributed by atoms with Crippen molar-refractivity contribution in [3.8, 4) is 11.5 Å². The monoisotopic (exact) mass is 477 g/mol. The molecule has 0 aliphatic heterocycles. The van der Waals surface area contributed by atoms with Gasteiger partial charge in [-0.15, -0.1) is 0 Å². The first-order chi connectivity index (χ1) is 14.4. The predicted octanol–water partition coefficient (Wildman–Crippen LogP) is 2.49. The third kappa shape index (κ3) is 7.55. The minimum Gasteiger partial charge on any atom is -0.497 e. The largest absolute Gasteiger partial charge is 0.497 e. The van der Waals surface area contributed by atoms with E-state index in [9.17, 15) is 14.4 Å². The van der Waals surface area contributed by atoms with Crippen molar-refractivity contribution in [2.75, 3.05) is 26.1 Å². The van der Waals surface area contributed by atoms with Gasteiger partial charge in [0.1, 0.15) is 17.9 Å². The van der Waals surface area contributed by atoms with Crippen molar-refractivity contribution in [1.29, 1.82) is 0 Å². The molecule has 0 aromatic heterocycles. The van der Waals surface area contributed by atoms with Gasteiger partial charge in [-0.1, -0.05) is 0 Å². The number of amides is 2. The van der Waals surface area contributed by atoms with Crippen LogP contribution in [0.1, 0.15) is 12.0 Å². The van der Waals surface area contributed by atoms with Gasteiger partial charge in [0.15, 0.2) is 6.61 Å². The van der Waals surface area contributed by atoms with E-state index < -0.39 is 17.8 Å². The highest BCUT2D eigenvalue weighted by molar-refractivity contribution is 9.10. The number of hydrazone groups is 1. The molecule has 0 spiro atoms. The molecule has 158 valence electrons. The summed E-state index contributed by atoms with van der Waals surface area (Å²) in [7, 11) is 2.82. The van der Waals surface area contributed by atoms with E-state index in [1.54, 1.807) is 49.6 Å². The fraction of sp³-hybridized carbons (Fsp3) is 0.200. The number of carbonyl (C=O) groups is 3. The van der Waals surface area contributed by atoms with E-state index >= 15 is 0 Å². The number of methoxy groups -OCH3 is 2. The highest BCUT2D eigenvalue weighted by Crippen LogP contribution is 2.25. The molecule has 0 unspecified atom stereocenters. The number of nitrogens with zero attached hydrogens (tertiary/aromatic N) is 1. The molecule has 2 aromatic rings. The molecule has 10 heteroatoms. The first kappa shape index (κ1) is 22.9. The molecule has 0 radical (unpaired) electrons. The van der Waals surface area contributed by atoms with Gasteiger partial charge in [0.25, 0.3) is 0 Å². The highest BCUT2D eigenvalue weighted by Gasteiger charge is 2.09. The van der Waals surface area contributed by atoms with Crippen molar-refractivity contribution in [2.24, 2.45) is 5.10 Å². The van der Waals surface area contributed by atoms with Gasteiger partial charge in [0.2, 0.25) is 11.8 Å². The lowest BCUT2D eigenvalue weighted by Crippen LogP contribution is -2.24. The smallest absolute Gasteiger partial charge is 0.343 e. The summed E-state index contributed by atoms with van der Waals surface area (Å²) in [5.74, 6) is -0.407. The summed E-state index contributed by atoms with van der Waals surface area (Å²) in [4.78, 5) is 34.9. The molecule has 2 rings (SSSR count). The molecule has 2 aromatic carbocycles. The highest BCUT2D eigenvalue weighted by atomic mass is 79.9. The van der Waals surface area contributed by atoms with Crippen molar-refractivity contribution in [3.63, 3.8) is 0 Å². The Bertz CT molecular complexity index is 931. The topological polar surface area (TPSA) is 115 Å². The molecule has 0 saturated carbocycles. The lowest BCUT2D eigenvalue weighted by molar-refractivity contribution is -0.143. The SMILES string of the molecule is COC(=O)COc1ccc(C=NNC(=O)CC(=O)Nc2ccc(OC)cc2)cc1Br. The summed E-state index contributed by atoms with van der Waals surface area (Å²) in [5.41, 5.74) is 3.50. The van der Waals surface area contributed by atoms with E-state index in [0.717, 1.165) is 0 Å². The van der Waals surface area contributed by atoms with Crippen LogP contribution >= 0.6 is 15.9 Å². The van der Waals surface area contributed by atoms with E-state index in [1.165, 1.54) is 13.3 Å². The molecule has 30 heavy (non-hydrogen) atoms. The van der Waals surface area contributed by atoms with E-state index in [1.807, 2.05) is 0 Å². The number of esters is 1. The van der Waals surface area contributed by atoms with Gasteiger partial charge in [-0.3, -0.25) is 9.59 Å². The van der Waals surface area contributed by atoms with Crippen LogP contribution in [-0.2, 0) is 19.1 Å². The maximum absolute atomic E-state index is 11.9. The number of halogens is 1. The van der Waals surface area contributed by atoms with E-state index in [2.05, 4.69) is 36.5 Å². The van der Waals surface area contributed by atoms with Crippen LogP contribution in [0.15, 0.2) is 52.0 Å². The van der Waals surface area contributed by atoms with Crippen molar-refractivity contribution in [2.45, 2.75) is 6.42 Å². The van der Waals surface area contributed by atoms with Crippen LogP contribution in [0.2, 0.25) is 0 Å². The number of hydrogen-bond acceptors (Lipinski definition) is 7. The van der Waals surface area contributed by atoms with E-state index in [4.69, 9.17) is 9.47 Å². The third-order valence-corrected chi connectivity index (χ3v) is 4.25. The average Bonchev–Trinajstić information content (AvgIpc) is 2.73. The molecule has 0 fully saturated rings. The van der Waals surface area contributed by atoms with Crippen molar-refractivity contribution in [1.82, 2.24) is 5.43 Å². The number of ether oxygens (including phenoxy) is 3. The third-order valence-electron chi connectivity index (χ3n) is 3.63. The Morgan fingerprint density at radius 1 is 1.07 bits per heavy atom. The summed E-state index contributed by atoms with van der Waals surface area (Å²) in [6, 6.07) is 11.8. The molecule has 2 N–H and O–H groups in total. The van der Waals surface area contributed by atoms with Gasteiger partial charge in [0, 0.05) is 5.69 Å². The second-order valence-corrected chi connectivity index (χ2v) is 6.66. The standard InChI is InChI=1S/C20H20BrN3O6/c1-28-15-6-4-14(5-7-15)23-18(25)10-19(26)24-22-11-13-3-8-17(16(21)9-13)30-12-20(27)29-2/h3-9,11H,10,12H2,1-2H3,(H,23,25)(H,24,26). The number of anilines is 1. The quantitative estimate of drug-likeness (QED) is 0.248. The first-order valence-corrected chi connectivity index (χ1v) is 9.45. The van der Waals surface area contributed by atoms with E-state index in [-0.39, 0.29) is 13.0 Å². The number of hydrogen-bond donors (Lipinski definition) is 2. The number of benzene rings is 2. The summed E-state index contributed by atoms with van der Waals surface area (Å²) < 4.78 is 15.4. The molecule has 0 saturated heterocycles. The summed E-state index contributed by atoms with van der Waals surface area (Å²) in [5, 5.41) is 6.44. The van der Waals surface area contributed by atoms with Crippen LogP contribution < -0.4 is 20.2 Å². The zero-order valence-electron chi connectivity index (χ0n) is 16.3. The van der Waals surface area contributed by atoms with Crippen LogP contribution in [0.25, 0.3) is 0 Å². The van der Waals surface area contributed by atoms with Crippen molar-refractivity contribution >= 4 is 45.6 Å². The number of nitrogens with one attached hydrogen (secondary N) is 2. The van der Waals surface area contributed by atoms with Crippen LogP contribution in [0.4, 0.5) is 5.69 Å². The second-order valence-electron chi connectivity index (χ2n) is 5.80. The molecule has 0 aliphatic carbocycles. The zero-order chi connectivity index (χ0) is 21.9. The second kappa shape index (κ2) is 11.6. The van der Waals surface area contributed by atoms with Gasteiger partial charge in [-0.05, 0) is 64.0 Å². The van der Waals surface area contributed by atoms with Crippen molar-refractivity contribution in [3.05, 3.63) is 52.5 Å². The van der Waals surface area contributed by atoms with Crippen LogP contribution in [-0.4, -0.2) is 44.8 Å². The van der Waals surface area contributed by atoms with Gasteiger partial charge in [-0.25, -0.2) is 10.2 Å². The fourth-order valence-corrected chi connectivity index (χ4v) is 2.66. The Hall–Kier alpha value is -3.40. The fourth-order valence-electron chi connectivity index (χ4n) is 2.15. The van der Waals surface area contributed by atoms with Gasteiger partial charge < -0.3 is 19.5 Å². The molecule has 0 bridgehead atoms. The number of rotatable bonds is 9. The van der Waals surface area contributed by atoms with Gasteiger partial charge >= 0.3 is 5.97 Å². The minimum absolute atomic E-state index is 0.211. The molecular weight excluding hydrogens is 458 g/mol. The Kier molecular flexibility index (Phi) is 8.82. The Labute approximate surface area is 181 Å². The summed E-state index contributed by atoms with van der Waals surface area (Å²) in [6.07, 6.45) is 1.03. The number of carbonyl (C=O) groups excluding carboxylic acids is 3. The van der Waals surface area contributed by atoms with Gasteiger partial charge in [0.05, 0.1) is 24.9 Å². The van der Waals surface area contributed by atoms with E-state index in [0.29, 0.717) is 27.2 Å². The maximum atomic E-state index is 11.9. The van der Waals surface area contributed by atoms with Crippen LogP contribution in [0, 0.1) is 0 Å². The molecular formula is C20H20BrN3O6. The van der Waals surface area contributed by atoms with Crippen LogP contribution in [0.5, 0.6) is 11.5 Å². The summed E-state index contributed by atoms with van der Waals surface area (Å²) in [6.45, 7) is -0.211. The Morgan fingerprint density at radius 3 is 2.43 bits per heavy atom. The molecule has 0 atom stereocenters. The Morgan fingerprint density at radius 2 is 1.80 bits per heavy atom. The maximum Gasteiger partial charge on any atom is 0.343 e. The zero-order valence-corrected chi connectivity index (χ0v) is 17.9. The summed E-state index contributed by atoms with van der Waals surface area (Å²) >= 11 is 3.33. The normalized spacial score (nSPS) is 10.4. The van der Waals surface area contributed by atoms with Gasteiger partial charge in [-0.2, -0.15) is 5.10 Å². The first-order valence-electron chi connectivity index (χ1n) is 8.66. The van der Waals surface area contributed by atoms with Crippen LogP contribution in [0.3, 0.4) is 0 Å².